The van der Waals surface area contributed by atoms with Gasteiger partial charge in [-0.05, 0) is 12.1 Å². The Balaban J connectivity index is 2.22. The summed E-state index contributed by atoms with van der Waals surface area (Å²) in [5.74, 6) is -0.0828. The van der Waals surface area contributed by atoms with Crippen LogP contribution in [0.15, 0.2) is 18.2 Å². The molecule has 0 bridgehead atoms. The molecular weight excluding hydrogens is 228 g/mol. The van der Waals surface area contributed by atoms with Gasteiger partial charge in [-0.15, -0.1) is 0 Å². The van der Waals surface area contributed by atoms with E-state index in [-0.39, 0.29) is 5.91 Å². The van der Waals surface area contributed by atoms with Crippen molar-refractivity contribution in [2.45, 2.75) is 0 Å². The van der Waals surface area contributed by atoms with Gasteiger partial charge < -0.3 is 15.4 Å². The fourth-order valence-electron chi connectivity index (χ4n) is 1.65. The predicted octanol–water partition coefficient (Wildman–Crippen LogP) is 1.39. The van der Waals surface area contributed by atoms with E-state index in [0.717, 1.165) is 0 Å². The average Bonchev–Trinajstić information content (AvgIpc) is 2.33. The second-order valence-corrected chi connectivity index (χ2v) is 3.99. The lowest BCUT2D eigenvalue weighted by molar-refractivity contribution is 0.0303. The Kier molecular flexibility index (Phi) is 3.31. The molecule has 0 unspecified atom stereocenters. The van der Waals surface area contributed by atoms with Crippen molar-refractivity contribution < 1.29 is 9.53 Å². The number of benzene rings is 1. The number of ether oxygens (including phenoxy) is 1. The summed E-state index contributed by atoms with van der Waals surface area (Å²) in [6.45, 7) is 2.35. The van der Waals surface area contributed by atoms with Crippen molar-refractivity contribution >= 4 is 23.2 Å². The SMILES string of the molecule is Nc1cccc(C(=O)N2CCOCC2)c1Cl. The van der Waals surface area contributed by atoms with Crippen molar-refractivity contribution in [3.05, 3.63) is 28.8 Å². The first-order valence-corrected chi connectivity index (χ1v) is 5.49. The molecule has 0 aliphatic carbocycles. The Morgan fingerprint density at radius 2 is 2.06 bits per heavy atom. The second kappa shape index (κ2) is 4.72. The van der Waals surface area contributed by atoms with Crippen molar-refractivity contribution in [2.24, 2.45) is 0 Å². The van der Waals surface area contributed by atoms with Crippen LogP contribution in [0.3, 0.4) is 0 Å². The Hall–Kier alpha value is -1.26. The van der Waals surface area contributed by atoms with Crippen LogP contribution in [0.2, 0.25) is 5.02 Å². The van der Waals surface area contributed by atoms with Crippen molar-refractivity contribution in [3.8, 4) is 0 Å². The zero-order chi connectivity index (χ0) is 11.5. The molecule has 5 heteroatoms. The molecule has 4 nitrogen and oxygen atoms in total. The number of nitrogens with zero attached hydrogens (tertiary/aromatic N) is 1. The molecule has 1 aliphatic rings. The predicted molar refractivity (Wildman–Crippen MR) is 62.6 cm³/mol. The summed E-state index contributed by atoms with van der Waals surface area (Å²) < 4.78 is 5.19. The number of hydrogen-bond donors (Lipinski definition) is 1. The Bertz CT molecular complexity index is 403. The number of carbonyl (C=O) groups is 1. The van der Waals surface area contributed by atoms with E-state index in [9.17, 15) is 4.79 Å². The maximum absolute atomic E-state index is 12.1. The summed E-state index contributed by atoms with van der Waals surface area (Å²) in [7, 11) is 0. The minimum Gasteiger partial charge on any atom is -0.398 e. The number of rotatable bonds is 1. The van der Waals surface area contributed by atoms with E-state index in [0.29, 0.717) is 42.6 Å². The molecule has 0 spiro atoms. The maximum Gasteiger partial charge on any atom is 0.255 e. The van der Waals surface area contributed by atoms with Crippen LogP contribution < -0.4 is 5.73 Å². The van der Waals surface area contributed by atoms with Gasteiger partial charge in [0.05, 0.1) is 29.5 Å². The first kappa shape index (κ1) is 11.2. The molecule has 1 saturated heterocycles. The third-order valence-corrected chi connectivity index (χ3v) is 2.98. The van der Waals surface area contributed by atoms with Gasteiger partial charge in [-0.1, -0.05) is 17.7 Å². The summed E-state index contributed by atoms with van der Waals surface area (Å²) in [4.78, 5) is 13.8. The summed E-state index contributed by atoms with van der Waals surface area (Å²) in [5.41, 5.74) is 6.55. The third-order valence-electron chi connectivity index (χ3n) is 2.56. The molecule has 86 valence electrons. The Labute approximate surface area is 98.9 Å². The first-order valence-electron chi connectivity index (χ1n) is 5.11. The molecule has 1 fully saturated rings. The molecule has 1 amide bonds. The van der Waals surface area contributed by atoms with Gasteiger partial charge in [0.1, 0.15) is 0 Å². The lowest BCUT2D eigenvalue weighted by Crippen LogP contribution is -2.40. The van der Waals surface area contributed by atoms with Gasteiger partial charge in [-0.2, -0.15) is 0 Å². The highest BCUT2D eigenvalue weighted by molar-refractivity contribution is 6.36. The lowest BCUT2D eigenvalue weighted by atomic mass is 10.1. The first-order chi connectivity index (χ1) is 7.70. The number of morpholine rings is 1. The van der Waals surface area contributed by atoms with Crippen LogP contribution >= 0.6 is 11.6 Å². The molecule has 0 atom stereocenters. The molecular formula is C11H13ClN2O2. The largest absolute Gasteiger partial charge is 0.398 e. The third kappa shape index (κ3) is 2.13. The molecule has 1 heterocycles. The fourth-order valence-corrected chi connectivity index (χ4v) is 1.86. The van der Waals surface area contributed by atoms with Gasteiger partial charge in [-0.3, -0.25) is 4.79 Å². The number of amides is 1. The summed E-state index contributed by atoms with van der Waals surface area (Å²) >= 11 is 6.00. The van der Waals surface area contributed by atoms with Gasteiger partial charge in [0.2, 0.25) is 0 Å². The van der Waals surface area contributed by atoms with Gasteiger partial charge in [0.25, 0.3) is 5.91 Å². The molecule has 1 aromatic carbocycles. The van der Waals surface area contributed by atoms with Gasteiger partial charge >= 0.3 is 0 Å². The van der Waals surface area contributed by atoms with Crippen LogP contribution in [0, 0.1) is 0 Å². The normalized spacial score (nSPS) is 16.2. The Morgan fingerprint density at radius 3 is 2.75 bits per heavy atom. The van der Waals surface area contributed by atoms with Crippen LogP contribution in [0.4, 0.5) is 5.69 Å². The highest BCUT2D eigenvalue weighted by Gasteiger charge is 2.21. The number of nitrogen functional groups attached to an aromatic ring is 1. The molecule has 2 N–H and O–H groups in total. The molecule has 0 radical (unpaired) electrons. The van der Waals surface area contributed by atoms with Gasteiger partial charge in [0.15, 0.2) is 0 Å². The van der Waals surface area contributed by atoms with E-state index in [1.165, 1.54) is 0 Å². The summed E-state index contributed by atoms with van der Waals surface area (Å²) in [6.07, 6.45) is 0. The smallest absolute Gasteiger partial charge is 0.255 e. The number of anilines is 1. The van der Waals surface area contributed by atoms with Crippen molar-refractivity contribution in [3.63, 3.8) is 0 Å². The summed E-state index contributed by atoms with van der Waals surface area (Å²) in [5, 5.41) is 0.332. The monoisotopic (exact) mass is 240 g/mol. The van der Waals surface area contributed by atoms with E-state index < -0.39 is 0 Å². The lowest BCUT2D eigenvalue weighted by Gasteiger charge is -2.27. The van der Waals surface area contributed by atoms with Crippen LogP contribution in [-0.4, -0.2) is 37.1 Å². The molecule has 1 aliphatic heterocycles. The standard InChI is InChI=1S/C11H13ClN2O2/c12-10-8(2-1-3-9(10)13)11(15)14-4-6-16-7-5-14/h1-3H,4-7,13H2. The Morgan fingerprint density at radius 1 is 1.38 bits per heavy atom. The minimum absolute atomic E-state index is 0.0828. The molecule has 16 heavy (non-hydrogen) atoms. The molecule has 0 aromatic heterocycles. The van der Waals surface area contributed by atoms with Crippen molar-refractivity contribution in [2.75, 3.05) is 32.0 Å². The molecule has 1 aromatic rings. The average molecular weight is 241 g/mol. The molecule has 0 saturated carbocycles. The molecule has 2 rings (SSSR count). The minimum atomic E-state index is -0.0828. The topological polar surface area (TPSA) is 55.6 Å². The van der Waals surface area contributed by atoms with Crippen molar-refractivity contribution in [1.29, 1.82) is 0 Å². The van der Waals surface area contributed by atoms with Crippen LogP contribution in [0.1, 0.15) is 10.4 Å². The van der Waals surface area contributed by atoms with E-state index >= 15 is 0 Å². The maximum atomic E-state index is 12.1. The second-order valence-electron chi connectivity index (χ2n) is 3.61. The quantitative estimate of drug-likeness (QED) is 0.755. The summed E-state index contributed by atoms with van der Waals surface area (Å²) in [6, 6.07) is 5.10. The number of hydrogen-bond acceptors (Lipinski definition) is 3. The van der Waals surface area contributed by atoms with Crippen molar-refractivity contribution in [1.82, 2.24) is 4.90 Å². The number of halogens is 1. The number of carbonyl (C=O) groups excluding carboxylic acids is 1. The van der Waals surface area contributed by atoms with Crippen LogP contribution in [0.5, 0.6) is 0 Å². The van der Waals surface area contributed by atoms with Gasteiger partial charge in [-0.25, -0.2) is 0 Å². The zero-order valence-corrected chi connectivity index (χ0v) is 9.54. The van der Waals surface area contributed by atoms with E-state index in [4.69, 9.17) is 22.1 Å². The zero-order valence-electron chi connectivity index (χ0n) is 8.78. The van der Waals surface area contributed by atoms with Gasteiger partial charge in [0, 0.05) is 13.1 Å². The van der Waals surface area contributed by atoms with Crippen LogP contribution in [-0.2, 0) is 4.74 Å². The highest BCUT2D eigenvalue weighted by atomic mass is 35.5. The van der Waals surface area contributed by atoms with E-state index in [1.807, 2.05) is 0 Å². The highest BCUT2D eigenvalue weighted by Crippen LogP contribution is 2.24. The number of nitrogens with two attached hydrogens (primary N) is 1. The van der Waals surface area contributed by atoms with Crippen LogP contribution in [0.25, 0.3) is 0 Å². The van der Waals surface area contributed by atoms with E-state index in [2.05, 4.69) is 0 Å². The van der Waals surface area contributed by atoms with E-state index in [1.54, 1.807) is 23.1 Å². The fraction of sp³-hybridized carbons (Fsp3) is 0.364.